The molecule has 4 nitrogen and oxygen atoms in total. The summed E-state index contributed by atoms with van der Waals surface area (Å²) in [7, 11) is -3.30. The van der Waals surface area contributed by atoms with Gasteiger partial charge < -0.3 is 5.32 Å². The van der Waals surface area contributed by atoms with Gasteiger partial charge in [-0.2, -0.15) is 0 Å². The fourth-order valence-corrected chi connectivity index (χ4v) is 3.12. The van der Waals surface area contributed by atoms with Crippen LogP contribution >= 0.6 is 0 Å². The summed E-state index contributed by atoms with van der Waals surface area (Å²) in [6.07, 6.45) is 2.77. The van der Waals surface area contributed by atoms with Crippen LogP contribution < -0.4 is 5.32 Å². The first kappa shape index (κ1) is 17.2. The topological polar surface area (TPSA) is 63.2 Å². The Morgan fingerprint density at radius 3 is 2.39 bits per heavy atom. The Morgan fingerprint density at radius 1 is 1.09 bits per heavy atom. The van der Waals surface area contributed by atoms with Crippen LogP contribution in [0.5, 0.6) is 0 Å². The highest BCUT2D eigenvalue weighted by atomic mass is 32.2. The predicted molar refractivity (Wildman–Crippen MR) is 92.3 cm³/mol. The van der Waals surface area contributed by atoms with Gasteiger partial charge in [-0.3, -0.25) is 4.79 Å². The van der Waals surface area contributed by atoms with Crippen LogP contribution in [0.2, 0.25) is 0 Å². The molecule has 2 aromatic carbocycles. The maximum atomic E-state index is 12.6. The summed E-state index contributed by atoms with van der Waals surface area (Å²) in [4.78, 5) is 12.8. The van der Waals surface area contributed by atoms with Crippen LogP contribution in [0.15, 0.2) is 59.5 Å². The lowest BCUT2D eigenvalue weighted by molar-refractivity contribution is -0.117. The Hall–Kier alpha value is -2.14. The third-order valence-corrected chi connectivity index (χ3v) is 4.74. The molecule has 0 heterocycles. The van der Waals surface area contributed by atoms with Gasteiger partial charge in [-0.25, -0.2) is 8.42 Å². The SMILES string of the molecule is CCC[C@H](C(=O)Nc1cccc(S(C)(=O)=O)c1)c1ccccc1. The lowest BCUT2D eigenvalue weighted by Crippen LogP contribution is -2.21. The molecule has 0 aliphatic rings. The standard InChI is InChI=1S/C18H21NO3S/c1-3-8-17(14-9-5-4-6-10-14)18(20)19-15-11-7-12-16(13-15)23(2,21)22/h4-7,9-13,17H,3,8H2,1-2H3,(H,19,20)/t17-/m0/s1. The monoisotopic (exact) mass is 331 g/mol. The predicted octanol–water partition coefficient (Wildman–Crippen LogP) is 3.61. The van der Waals surface area contributed by atoms with Gasteiger partial charge in [-0.1, -0.05) is 49.7 Å². The van der Waals surface area contributed by atoms with E-state index < -0.39 is 9.84 Å². The van der Waals surface area contributed by atoms with Gasteiger partial charge in [0.2, 0.25) is 5.91 Å². The molecule has 23 heavy (non-hydrogen) atoms. The van der Waals surface area contributed by atoms with Crippen LogP contribution in [0, 0.1) is 0 Å². The molecule has 1 N–H and O–H groups in total. The maximum Gasteiger partial charge on any atom is 0.231 e. The minimum atomic E-state index is -3.30. The van der Waals surface area contributed by atoms with Crippen molar-refractivity contribution in [3.63, 3.8) is 0 Å². The number of anilines is 1. The number of rotatable bonds is 6. The van der Waals surface area contributed by atoms with Gasteiger partial charge in [-0.05, 0) is 30.2 Å². The van der Waals surface area contributed by atoms with E-state index in [1.807, 2.05) is 37.3 Å². The fourth-order valence-electron chi connectivity index (χ4n) is 2.46. The minimum Gasteiger partial charge on any atom is -0.326 e. The van der Waals surface area contributed by atoms with Gasteiger partial charge in [0.25, 0.3) is 0 Å². The molecule has 0 aromatic heterocycles. The number of amides is 1. The average molecular weight is 331 g/mol. The number of benzene rings is 2. The lowest BCUT2D eigenvalue weighted by Gasteiger charge is -2.17. The number of carbonyl (C=O) groups is 1. The minimum absolute atomic E-state index is 0.122. The van der Waals surface area contributed by atoms with E-state index in [2.05, 4.69) is 5.32 Å². The third-order valence-electron chi connectivity index (χ3n) is 3.63. The van der Waals surface area contributed by atoms with Crippen LogP contribution in [-0.4, -0.2) is 20.6 Å². The first-order valence-electron chi connectivity index (χ1n) is 7.57. The Bertz CT molecular complexity index is 770. The second-order valence-electron chi connectivity index (χ2n) is 5.54. The molecule has 0 aliphatic heterocycles. The molecule has 0 spiro atoms. The first-order chi connectivity index (χ1) is 10.9. The smallest absolute Gasteiger partial charge is 0.231 e. The molecule has 2 rings (SSSR count). The van der Waals surface area contributed by atoms with Crippen molar-refractivity contribution < 1.29 is 13.2 Å². The van der Waals surface area contributed by atoms with Gasteiger partial charge in [0.05, 0.1) is 10.8 Å². The third kappa shape index (κ3) is 4.66. The van der Waals surface area contributed by atoms with E-state index in [1.54, 1.807) is 12.1 Å². The molecule has 122 valence electrons. The van der Waals surface area contributed by atoms with Crippen molar-refractivity contribution in [2.24, 2.45) is 0 Å². The zero-order valence-corrected chi connectivity index (χ0v) is 14.1. The molecule has 1 amide bonds. The van der Waals surface area contributed by atoms with Crippen LogP contribution in [0.25, 0.3) is 0 Å². The van der Waals surface area contributed by atoms with E-state index in [4.69, 9.17) is 0 Å². The van der Waals surface area contributed by atoms with Crippen LogP contribution in [0.3, 0.4) is 0 Å². The van der Waals surface area contributed by atoms with Crippen molar-refractivity contribution in [1.82, 2.24) is 0 Å². The summed E-state index contributed by atoms with van der Waals surface area (Å²) in [6, 6.07) is 15.9. The van der Waals surface area contributed by atoms with Crippen molar-refractivity contribution in [2.75, 3.05) is 11.6 Å². The summed E-state index contributed by atoms with van der Waals surface area (Å²) in [5.41, 5.74) is 1.46. The van der Waals surface area contributed by atoms with Gasteiger partial charge >= 0.3 is 0 Å². The number of nitrogens with one attached hydrogen (secondary N) is 1. The summed E-state index contributed by atoms with van der Waals surface area (Å²) in [5, 5.41) is 2.83. The molecule has 1 atom stereocenters. The average Bonchev–Trinajstić information content (AvgIpc) is 2.53. The zero-order chi connectivity index (χ0) is 16.9. The number of hydrogen-bond acceptors (Lipinski definition) is 3. The molecule has 0 radical (unpaired) electrons. The van der Waals surface area contributed by atoms with E-state index in [9.17, 15) is 13.2 Å². The lowest BCUT2D eigenvalue weighted by atomic mass is 9.93. The highest BCUT2D eigenvalue weighted by Gasteiger charge is 2.20. The molecule has 0 saturated carbocycles. The summed E-state index contributed by atoms with van der Waals surface area (Å²) < 4.78 is 23.2. The maximum absolute atomic E-state index is 12.6. The summed E-state index contributed by atoms with van der Waals surface area (Å²) in [5.74, 6) is -0.369. The largest absolute Gasteiger partial charge is 0.326 e. The zero-order valence-electron chi connectivity index (χ0n) is 13.3. The highest BCUT2D eigenvalue weighted by Crippen LogP contribution is 2.24. The Balaban J connectivity index is 2.22. The normalized spacial score (nSPS) is 12.6. The molecule has 0 saturated heterocycles. The molecule has 2 aromatic rings. The number of carbonyl (C=O) groups excluding carboxylic acids is 1. The van der Waals surface area contributed by atoms with Gasteiger partial charge in [0.15, 0.2) is 9.84 Å². The van der Waals surface area contributed by atoms with Crippen LogP contribution in [0.1, 0.15) is 31.2 Å². The summed E-state index contributed by atoms with van der Waals surface area (Å²) in [6.45, 7) is 2.04. The quantitative estimate of drug-likeness (QED) is 0.879. The van der Waals surface area contributed by atoms with Crippen molar-refractivity contribution in [2.45, 2.75) is 30.6 Å². The molecule has 0 fully saturated rings. The van der Waals surface area contributed by atoms with Crippen molar-refractivity contribution in [1.29, 1.82) is 0 Å². The van der Waals surface area contributed by atoms with Gasteiger partial charge in [0, 0.05) is 11.9 Å². The first-order valence-corrected chi connectivity index (χ1v) is 9.47. The van der Waals surface area contributed by atoms with E-state index >= 15 is 0 Å². The molecule has 0 unspecified atom stereocenters. The van der Waals surface area contributed by atoms with Crippen molar-refractivity contribution >= 4 is 21.4 Å². The van der Waals surface area contributed by atoms with Gasteiger partial charge in [-0.15, -0.1) is 0 Å². The second kappa shape index (κ2) is 7.42. The Kier molecular flexibility index (Phi) is 5.55. The highest BCUT2D eigenvalue weighted by molar-refractivity contribution is 7.90. The molecular weight excluding hydrogens is 310 g/mol. The van der Waals surface area contributed by atoms with Crippen LogP contribution in [0.4, 0.5) is 5.69 Å². The molecule has 5 heteroatoms. The van der Waals surface area contributed by atoms with E-state index in [0.717, 1.165) is 24.7 Å². The number of hydrogen-bond donors (Lipinski definition) is 1. The van der Waals surface area contributed by atoms with E-state index in [0.29, 0.717) is 5.69 Å². The van der Waals surface area contributed by atoms with Crippen molar-refractivity contribution in [3.05, 3.63) is 60.2 Å². The number of sulfone groups is 1. The molecule has 0 bridgehead atoms. The van der Waals surface area contributed by atoms with E-state index in [1.165, 1.54) is 12.1 Å². The molecular formula is C18H21NO3S. The fraction of sp³-hybridized carbons (Fsp3) is 0.278. The Labute approximate surface area is 137 Å². The van der Waals surface area contributed by atoms with Crippen LogP contribution in [-0.2, 0) is 14.6 Å². The van der Waals surface area contributed by atoms with Crippen molar-refractivity contribution in [3.8, 4) is 0 Å². The van der Waals surface area contributed by atoms with E-state index in [-0.39, 0.29) is 16.7 Å². The summed E-state index contributed by atoms with van der Waals surface area (Å²) >= 11 is 0. The second-order valence-corrected chi connectivity index (χ2v) is 7.56. The van der Waals surface area contributed by atoms with Gasteiger partial charge in [0.1, 0.15) is 0 Å². The molecule has 0 aliphatic carbocycles. The Morgan fingerprint density at radius 2 is 1.78 bits per heavy atom.